The first-order valence-electron chi connectivity index (χ1n) is 6.62. The van der Waals surface area contributed by atoms with Crippen LogP contribution in [0.2, 0.25) is 0 Å². The van der Waals surface area contributed by atoms with Gasteiger partial charge < -0.3 is 10.5 Å². The molecule has 0 saturated heterocycles. The van der Waals surface area contributed by atoms with Gasteiger partial charge in [0.1, 0.15) is 5.75 Å². The second kappa shape index (κ2) is 5.98. The van der Waals surface area contributed by atoms with Gasteiger partial charge in [0.05, 0.1) is 13.2 Å². The van der Waals surface area contributed by atoms with Gasteiger partial charge in [0, 0.05) is 10.0 Å². The maximum atomic E-state index is 6.53. The molecule has 2 rings (SSSR count). The van der Waals surface area contributed by atoms with Gasteiger partial charge in [-0.3, -0.25) is 0 Å². The van der Waals surface area contributed by atoms with Gasteiger partial charge in [-0.2, -0.15) is 0 Å². The fraction of sp³-hybridized carbons (Fsp3) is 0.294. The Morgan fingerprint density at radius 2 is 1.75 bits per heavy atom. The standard InChI is InChI=1S/C17H20BrNO/c1-10-7-5-6-8-13(10)16(19)15-12(3)14(18)9-11(2)17(15)20-4/h5-9,16H,19H2,1-4H3. The van der Waals surface area contributed by atoms with E-state index < -0.39 is 0 Å². The van der Waals surface area contributed by atoms with Crippen LogP contribution in [0.25, 0.3) is 0 Å². The summed E-state index contributed by atoms with van der Waals surface area (Å²) in [5, 5.41) is 0. The van der Waals surface area contributed by atoms with Crippen molar-refractivity contribution in [2.75, 3.05) is 7.11 Å². The van der Waals surface area contributed by atoms with Gasteiger partial charge in [0.2, 0.25) is 0 Å². The molecule has 0 aromatic heterocycles. The van der Waals surface area contributed by atoms with Crippen molar-refractivity contribution < 1.29 is 4.74 Å². The molecule has 1 atom stereocenters. The number of aryl methyl sites for hydroxylation is 2. The van der Waals surface area contributed by atoms with Gasteiger partial charge in [-0.1, -0.05) is 40.2 Å². The summed E-state index contributed by atoms with van der Waals surface area (Å²) in [7, 11) is 1.70. The Balaban J connectivity index is 2.66. The van der Waals surface area contributed by atoms with Gasteiger partial charge in [0.15, 0.2) is 0 Å². The first-order chi connectivity index (χ1) is 9.47. The largest absolute Gasteiger partial charge is 0.496 e. The third-order valence-corrected chi connectivity index (χ3v) is 4.57. The van der Waals surface area contributed by atoms with Crippen molar-refractivity contribution in [2.24, 2.45) is 5.73 Å². The molecule has 0 fully saturated rings. The van der Waals surface area contributed by atoms with Crippen LogP contribution >= 0.6 is 15.9 Å². The lowest BCUT2D eigenvalue weighted by Crippen LogP contribution is -2.16. The van der Waals surface area contributed by atoms with Gasteiger partial charge in [-0.15, -0.1) is 0 Å². The Morgan fingerprint density at radius 3 is 2.35 bits per heavy atom. The van der Waals surface area contributed by atoms with E-state index in [4.69, 9.17) is 10.5 Å². The van der Waals surface area contributed by atoms with Crippen molar-refractivity contribution >= 4 is 15.9 Å². The number of methoxy groups -OCH3 is 1. The fourth-order valence-corrected chi connectivity index (χ4v) is 3.17. The Kier molecular flexibility index (Phi) is 4.51. The zero-order valence-electron chi connectivity index (χ0n) is 12.3. The molecule has 0 radical (unpaired) electrons. The normalized spacial score (nSPS) is 12.3. The van der Waals surface area contributed by atoms with E-state index in [0.29, 0.717) is 0 Å². The highest BCUT2D eigenvalue weighted by atomic mass is 79.9. The number of rotatable bonds is 3. The van der Waals surface area contributed by atoms with Crippen molar-refractivity contribution in [2.45, 2.75) is 26.8 Å². The maximum Gasteiger partial charge on any atom is 0.127 e. The van der Waals surface area contributed by atoms with Crippen LogP contribution in [-0.4, -0.2) is 7.11 Å². The second-order valence-electron chi connectivity index (χ2n) is 5.08. The zero-order valence-corrected chi connectivity index (χ0v) is 13.9. The van der Waals surface area contributed by atoms with Gasteiger partial charge in [-0.05, 0) is 49.1 Å². The molecule has 2 aromatic carbocycles. The number of nitrogens with two attached hydrogens (primary N) is 1. The summed E-state index contributed by atoms with van der Waals surface area (Å²) < 4.78 is 6.66. The minimum Gasteiger partial charge on any atom is -0.496 e. The Labute approximate surface area is 129 Å². The quantitative estimate of drug-likeness (QED) is 0.901. The lowest BCUT2D eigenvalue weighted by Gasteiger charge is -2.22. The molecule has 0 aliphatic carbocycles. The molecule has 0 aliphatic rings. The van der Waals surface area contributed by atoms with E-state index in [2.05, 4.69) is 48.0 Å². The molecule has 0 saturated carbocycles. The van der Waals surface area contributed by atoms with Gasteiger partial charge in [-0.25, -0.2) is 0 Å². The average molecular weight is 334 g/mol. The third kappa shape index (κ3) is 2.60. The molecule has 2 N–H and O–H groups in total. The average Bonchev–Trinajstić information content (AvgIpc) is 2.42. The van der Waals surface area contributed by atoms with Crippen molar-refractivity contribution in [1.82, 2.24) is 0 Å². The number of halogens is 1. The predicted octanol–water partition coefficient (Wildman–Crippen LogP) is 4.43. The van der Waals surface area contributed by atoms with Crippen LogP contribution in [0, 0.1) is 20.8 Å². The van der Waals surface area contributed by atoms with Gasteiger partial charge >= 0.3 is 0 Å². The number of hydrogen-bond donors (Lipinski definition) is 1. The molecular weight excluding hydrogens is 314 g/mol. The smallest absolute Gasteiger partial charge is 0.127 e. The monoisotopic (exact) mass is 333 g/mol. The van der Waals surface area contributed by atoms with Crippen LogP contribution in [0.5, 0.6) is 5.75 Å². The molecule has 2 aromatic rings. The van der Waals surface area contributed by atoms with Gasteiger partial charge in [0.25, 0.3) is 0 Å². The lowest BCUT2D eigenvalue weighted by atomic mass is 9.91. The molecule has 0 spiro atoms. The summed E-state index contributed by atoms with van der Waals surface area (Å²) in [5.74, 6) is 0.876. The summed E-state index contributed by atoms with van der Waals surface area (Å²) in [6, 6.07) is 10.1. The van der Waals surface area contributed by atoms with Crippen molar-refractivity contribution in [3.05, 3.63) is 62.6 Å². The fourth-order valence-electron chi connectivity index (χ4n) is 2.61. The van der Waals surface area contributed by atoms with Crippen molar-refractivity contribution in [1.29, 1.82) is 0 Å². The van der Waals surface area contributed by atoms with Crippen LogP contribution in [0.15, 0.2) is 34.8 Å². The first-order valence-corrected chi connectivity index (χ1v) is 7.41. The lowest BCUT2D eigenvalue weighted by molar-refractivity contribution is 0.404. The first kappa shape index (κ1) is 15.1. The van der Waals surface area contributed by atoms with Crippen LogP contribution in [0.1, 0.15) is 33.9 Å². The van der Waals surface area contributed by atoms with Crippen LogP contribution < -0.4 is 10.5 Å². The highest BCUT2D eigenvalue weighted by Crippen LogP contribution is 2.38. The SMILES string of the molecule is COc1c(C)cc(Br)c(C)c1C(N)c1ccccc1C. The Hall–Kier alpha value is -1.32. The molecule has 20 heavy (non-hydrogen) atoms. The molecule has 0 heterocycles. The molecule has 2 nitrogen and oxygen atoms in total. The molecule has 0 bridgehead atoms. The van der Waals surface area contributed by atoms with E-state index in [-0.39, 0.29) is 6.04 Å². The summed E-state index contributed by atoms with van der Waals surface area (Å²) in [6.45, 7) is 6.19. The Bertz CT molecular complexity index is 637. The summed E-state index contributed by atoms with van der Waals surface area (Å²) in [4.78, 5) is 0. The van der Waals surface area contributed by atoms with E-state index in [1.165, 1.54) is 5.56 Å². The second-order valence-corrected chi connectivity index (χ2v) is 5.94. The summed E-state index contributed by atoms with van der Waals surface area (Å²) in [5.41, 5.74) is 12.1. The molecular formula is C17H20BrNO. The highest BCUT2D eigenvalue weighted by molar-refractivity contribution is 9.10. The van der Waals surface area contributed by atoms with E-state index in [9.17, 15) is 0 Å². The Morgan fingerprint density at radius 1 is 1.10 bits per heavy atom. The number of benzene rings is 2. The van der Waals surface area contributed by atoms with E-state index in [1.54, 1.807) is 7.11 Å². The molecule has 1 unspecified atom stereocenters. The number of hydrogen-bond acceptors (Lipinski definition) is 2. The molecule has 106 valence electrons. The van der Waals surface area contributed by atoms with Crippen LogP contribution in [-0.2, 0) is 0 Å². The topological polar surface area (TPSA) is 35.2 Å². The minimum absolute atomic E-state index is 0.192. The minimum atomic E-state index is -0.192. The highest BCUT2D eigenvalue weighted by Gasteiger charge is 2.21. The van der Waals surface area contributed by atoms with Crippen molar-refractivity contribution in [3.8, 4) is 5.75 Å². The van der Waals surface area contributed by atoms with E-state index in [0.717, 1.165) is 32.5 Å². The maximum absolute atomic E-state index is 6.53. The number of ether oxygens (including phenoxy) is 1. The molecule has 0 aliphatic heterocycles. The van der Waals surface area contributed by atoms with Crippen LogP contribution in [0.4, 0.5) is 0 Å². The van der Waals surface area contributed by atoms with Crippen LogP contribution in [0.3, 0.4) is 0 Å². The third-order valence-electron chi connectivity index (χ3n) is 3.75. The molecule has 0 amide bonds. The van der Waals surface area contributed by atoms with Crippen molar-refractivity contribution in [3.63, 3.8) is 0 Å². The van der Waals surface area contributed by atoms with E-state index in [1.807, 2.05) is 19.1 Å². The zero-order chi connectivity index (χ0) is 14.9. The predicted molar refractivity (Wildman–Crippen MR) is 87.4 cm³/mol. The summed E-state index contributed by atoms with van der Waals surface area (Å²) >= 11 is 3.61. The molecule has 3 heteroatoms. The summed E-state index contributed by atoms with van der Waals surface area (Å²) in [6.07, 6.45) is 0. The van der Waals surface area contributed by atoms with E-state index >= 15 is 0 Å².